The number of para-hydroxylation sites is 1. The molecule has 1 saturated heterocycles. The van der Waals surface area contributed by atoms with Gasteiger partial charge in [-0.1, -0.05) is 18.2 Å². The Morgan fingerprint density at radius 2 is 1.77 bits per heavy atom. The number of guanidine groups is 1. The maximum atomic E-state index is 12.2. The molecule has 0 unspecified atom stereocenters. The second kappa shape index (κ2) is 8.77. The minimum Gasteiger partial charge on any atom is -0.444 e. The first-order chi connectivity index (χ1) is 14.1. The van der Waals surface area contributed by atoms with Crippen LogP contribution < -0.4 is 5.73 Å². The Morgan fingerprint density at radius 3 is 2.37 bits per heavy atom. The van der Waals surface area contributed by atoms with Crippen molar-refractivity contribution >= 4 is 12.1 Å². The van der Waals surface area contributed by atoms with Gasteiger partial charge in [-0.2, -0.15) is 5.10 Å². The van der Waals surface area contributed by atoms with Crippen LogP contribution in [-0.2, 0) is 11.3 Å². The number of aryl methyl sites for hydroxylation is 2. The molecule has 1 aliphatic heterocycles. The summed E-state index contributed by atoms with van der Waals surface area (Å²) in [7, 11) is 0. The lowest BCUT2D eigenvalue weighted by atomic mass is 10.2. The SMILES string of the molecule is Cc1cc(C)n(-c2ccccc2CN=C(N)N2CCN(C(=O)OC(C)(C)C)CC2)n1. The normalized spacial score (nSPS) is 15.4. The first-order valence-electron chi connectivity index (χ1n) is 10.3. The van der Waals surface area contributed by atoms with Gasteiger partial charge in [-0.25, -0.2) is 14.5 Å². The largest absolute Gasteiger partial charge is 0.444 e. The zero-order valence-corrected chi connectivity index (χ0v) is 18.6. The van der Waals surface area contributed by atoms with Crippen molar-refractivity contribution in [1.29, 1.82) is 0 Å². The summed E-state index contributed by atoms with van der Waals surface area (Å²) < 4.78 is 7.38. The standard InChI is InChI=1S/C22H32N6O2/c1-16-14-17(2)28(25-16)19-9-7-6-8-18(19)15-24-20(23)26-10-12-27(13-11-26)21(29)30-22(3,4)5/h6-9,14H,10-13,15H2,1-5H3,(H2,23,24). The summed E-state index contributed by atoms with van der Waals surface area (Å²) >= 11 is 0. The number of rotatable bonds is 3. The Balaban J connectivity index is 1.63. The van der Waals surface area contributed by atoms with Gasteiger partial charge in [0.25, 0.3) is 0 Å². The van der Waals surface area contributed by atoms with Crippen molar-refractivity contribution in [3.05, 3.63) is 47.3 Å². The number of hydrogen-bond donors (Lipinski definition) is 1. The average molecular weight is 413 g/mol. The highest BCUT2D eigenvalue weighted by molar-refractivity contribution is 5.78. The van der Waals surface area contributed by atoms with Crippen LogP contribution in [0, 0.1) is 13.8 Å². The highest BCUT2D eigenvalue weighted by Crippen LogP contribution is 2.18. The van der Waals surface area contributed by atoms with Gasteiger partial charge in [0.2, 0.25) is 0 Å². The molecule has 1 amide bonds. The molecular formula is C22H32N6O2. The molecule has 0 saturated carbocycles. The van der Waals surface area contributed by atoms with E-state index in [4.69, 9.17) is 10.5 Å². The summed E-state index contributed by atoms with van der Waals surface area (Å²) in [5.41, 5.74) is 9.89. The number of nitrogens with two attached hydrogens (primary N) is 1. The molecule has 8 nitrogen and oxygen atoms in total. The van der Waals surface area contributed by atoms with Gasteiger partial charge in [0, 0.05) is 31.9 Å². The zero-order valence-electron chi connectivity index (χ0n) is 18.6. The summed E-state index contributed by atoms with van der Waals surface area (Å²) in [6.07, 6.45) is -0.281. The maximum absolute atomic E-state index is 12.2. The Labute approximate surface area is 178 Å². The van der Waals surface area contributed by atoms with Crippen LogP contribution in [0.4, 0.5) is 4.79 Å². The van der Waals surface area contributed by atoms with Gasteiger partial charge < -0.3 is 20.3 Å². The minimum absolute atomic E-state index is 0.281. The number of carbonyl (C=O) groups excluding carboxylic acids is 1. The van der Waals surface area contributed by atoms with Crippen molar-refractivity contribution in [3.63, 3.8) is 0 Å². The molecule has 0 radical (unpaired) electrons. The molecule has 0 atom stereocenters. The smallest absolute Gasteiger partial charge is 0.410 e. The first-order valence-corrected chi connectivity index (χ1v) is 10.3. The van der Waals surface area contributed by atoms with E-state index >= 15 is 0 Å². The Kier molecular flexibility index (Phi) is 6.34. The summed E-state index contributed by atoms with van der Waals surface area (Å²) in [5.74, 6) is 0.488. The quantitative estimate of drug-likeness (QED) is 0.619. The van der Waals surface area contributed by atoms with Gasteiger partial charge in [0.15, 0.2) is 5.96 Å². The molecule has 2 N–H and O–H groups in total. The second-order valence-corrected chi connectivity index (χ2v) is 8.60. The van der Waals surface area contributed by atoms with Gasteiger partial charge in [-0.15, -0.1) is 0 Å². The Bertz CT molecular complexity index is 920. The van der Waals surface area contributed by atoms with Gasteiger partial charge in [-0.05, 0) is 52.3 Å². The van der Waals surface area contributed by atoms with E-state index in [1.54, 1.807) is 4.90 Å². The van der Waals surface area contributed by atoms with E-state index in [0.717, 1.165) is 22.6 Å². The molecule has 3 rings (SSSR count). The van der Waals surface area contributed by atoms with Gasteiger partial charge in [0.05, 0.1) is 17.9 Å². The minimum atomic E-state index is -0.492. The third-order valence-electron chi connectivity index (χ3n) is 4.90. The van der Waals surface area contributed by atoms with Crippen molar-refractivity contribution < 1.29 is 9.53 Å². The van der Waals surface area contributed by atoms with Crippen molar-refractivity contribution in [2.45, 2.75) is 46.8 Å². The van der Waals surface area contributed by atoms with Crippen molar-refractivity contribution in [2.75, 3.05) is 26.2 Å². The fourth-order valence-electron chi connectivity index (χ4n) is 3.43. The molecule has 0 spiro atoms. The topological polar surface area (TPSA) is 89.0 Å². The molecule has 0 bridgehead atoms. The van der Waals surface area contributed by atoms with Crippen LogP contribution in [0.2, 0.25) is 0 Å². The van der Waals surface area contributed by atoms with Crippen molar-refractivity contribution in [3.8, 4) is 5.69 Å². The Hall–Kier alpha value is -3.03. The number of nitrogens with zero attached hydrogens (tertiary/aromatic N) is 5. The van der Waals surface area contributed by atoms with E-state index in [2.05, 4.69) is 16.2 Å². The van der Waals surface area contributed by atoms with Crippen molar-refractivity contribution in [1.82, 2.24) is 19.6 Å². The van der Waals surface area contributed by atoms with Crippen LogP contribution in [0.15, 0.2) is 35.3 Å². The fraction of sp³-hybridized carbons (Fsp3) is 0.500. The molecule has 1 fully saturated rings. The highest BCUT2D eigenvalue weighted by atomic mass is 16.6. The van der Waals surface area contributed by atoms with E-state index in [9.17, 15) is 4.79 Å². The van der Waals surface area contributed by atoms with Crippen LogP contribution in [0.1, 0.15) is 37.7 Å². The molecule has 162 valence electrons. The lowest BCUT2D eigenvalue weighted by Gasteiger charge is -2.36. The number of benzene rings is 1. The molecule has 1 aromatic carbocycles. The molecule has 8 heteroatoms. The molecule has 2 heterocycles. The third kappa shape index (κ3) is 5.31. The molecular weight excluding hydrogens is 380 g/mol. The number of ether oxygens (including phenoxy) is 1. The van der Waals surface area contributed by atoms with Crippen LogP contribution in [0.5, 0.6) is 0 Å². The van der Waals surface area contributed by atoms with Crippen LogP contribution in [-0.4, -0.2) is 63.4 Å². The predicted octanol–water partition coefficient (Wildman–Crippen LogP) is 2.86. The molecule has 30 heavy (non-hydrogen) atoms. The molecule has 1 aromatic heterocycles. The number of carbonyl (C=O) groups is 1. The number of piperazine rings is 1. The maximum Gasteiger partial charge on any atom is 0.410 e. The highest BCUT2D eigenvalue weighted by Gasteiger charge is 2.26. The van der Waals surface area contributed by atoms with E-state index in [1.807, 2.05) is 68.5 Å². The fourth-order valence-corrected chi connectivity index (χ4v) is 3.43. The first kappa shape index (κ1) is 21.7. The van der Waals surface area contributed by atoms with Crippen LogP contribution in [0.3, 0.4) is 0 Å². The van der Waals surface area contributed by atoms with Crippen LogP contribution in [0.25, 0.3) is 5.69 Å². The van der Waals surface area contributed by atoms with Gasteiger partial charge in [-0.3, -0.25) is 0 Å². The third-order valence-corrected chi connectivity index (χ3v) is 4.90. The van der Waals surface area contributed by atoms with Crippen molar-refractivity contribution in [2.24, 2.45) is 10.7 Å². The Morgan fingerprint density at radius 1 is 1.13 bits per heavy atom. The monoisotopic (exact) mass is 412 g/mol. The summed E-state index contributed by atoms with van der Waals surface area (Å²) in [6.45, 7) is 12.5. The van der Waals surface area contributed by atoms with E-state index in [0.29, 0.717) is 38.7 Å². The number of hydrogen-bond acceptors (Lipinski definition) is 4. The second-order valence-electron chi connectivity index (χ2n) is 8.60. The zero-order chi connectivity index (χ0) is 21.9. The van der Waals surface area contributed by atoms with E-state index in [1.165, 1.54) is 0 Å². The summed E-state index contributed by atoms with van der Waals surface area (Å²) in [6, 6.07) is 10.1. The average Bonchev–Trinajstić information content (AvgIpc) is 3.03. The lowest BCUT2D eigenvalue weighted by molar-refractivity contribution is 0.0186. The molecule has 1 aliphatic rings. The molecule has 0 aliphatic carbocycles. The summed E-state index contributed by atoms with van der Waals surface area (Å²) in [4.78, 5) is 20.6. The van der Waals surface area contributed by atoms with E-state index in [-0.39, 0.29) is 6.09 Å². The number of aromatic nitrogens is 2. The predicted molar refractivity (Wildman–Crippen MR) is 118 cm³/mol. The van der Waals surface area contributed by atoms with Crippen LogP contribution >= 0.6 is 0 Å². The number of amides is 1. The van der Waals surface area contributed by atoms with E-state index < -0.39 is 5.60 Å². The van der Waals surface area contributed by atoms with Gasteiger partial charge >= 0.3 is 6.09 Å². The van der Waals surface area contributed by atoms with Gasteiger partial charge in [0.1, 0.15) is 5.60 Å². The summed E-state index contributed by atoms with van der Waals surface area (Å²) in [5, 5.41) is 4.59. The molecule has 2 aromatic rings. The number of aliphatic imine (C=N–C) groups is 1. The lowest BCUT2D eigenvalue weighted by Crippen LogP contribution is -2.53.